The predicted octanol–water partition coefficient (Wildman–Crippen LogP) is -1.57. The zero-order valence-corrected chi connectivity index (χ0v) is 10.2. The van der Waals surface area contributed by atoms with Crippen molar-refractivity contribution in [2.45, 2.75) is 0 Å². The smallest absolute Gasteiger partial charge is 0.282 e. The minimum atomic E-state index is -0.390. The van der Waals surface area contributed by atoms with Crippen molar-refractivity contribution in [3.05, 3.63) is 70.3 Å². The molecule has 0 aromatic heterocycles. The van der Waals surface area contributed by atoms with Crippen molar-refractivity contribution in [2.75, 3.05) is 0 Å². The highest BCUT2D eigenvalue weighted by molar-refractivity contribution is 5.81. The fraction of sp³-hybridized carbons (Fsp3) is 0. The van der Waals surface area contributed by atoms with E-state index < -0.39 is 4.92 Å². The van der Waals surface area contributed by atoms with Crippen LogP contribution in [-0.2, 0) is 0 Å². The molecule has 2 aromatic rings. The average Bonchev–Trinajstić information content (AvgIpc) is 2.38. The van der Waals surface area contributed by atoms with Gasteiger partial charge in [-0.15, -0.1) is 0 Å². The zero-order valence-electron chi connectivity index (χ0n) is 9.42. The van der Waals surface area contributed by atoms with Gasteiger partial charge in [-0.2, -0.15) is 0 Å². The average molecular weight is 263 g/mol. The molecule has 0 bridgehead atoms. The topological polar surface area (TPSA) is 57.1 Å². The van der Waals surface area contributed by atoms with E-state index in [1.807, 2.05) is 30.3 Å². The highest BCUT2D eigenvalue weighted by atomic mass is 35.5. The van der Waals surface area contributed by atoms with Crippen LogP contribution in [0.4, 0.5) is 11.4 Å². The molecule has 0 saturated heterocycles. The Balaban J connectivity index is 0.00000162. The van der Waals surface area contributed by atoms with E-state index in [4.69, 9.17) is 0 Å². The largest absolute Gasteiger partial charge is 1.00 e. The molecule has 0 spiro atoms. The van der Waals surface area contributed by atoms with Gasteiger partial charge in [-0.25, -0.2) is 4.99 Å². The van der Waals surface area contributed by atoms with Crippen molar-refractivity contribution in [3.8, 4) is 0 Å². The first-order valence-electron chi connectivity index (χ1n) is 5.15. The van der Waals surface area contributed by atoms with Gasteiger partial charge in [-0.3, -0.25) is 10.1 Å². The molecule has 0 aliphatic carbocycles. The number of para-hydroxylation sites is 2. The second-order valence-electron chi connectivity index (χ2n) is 3.47. The molecule has 4 nitrogen and oxygen atoms in total. The number of hydrogen-bond donors (Lipinski definition) is 1. The third-order valence-corrected chi connectivity index (χ3v) is 2.30. The van der Waals surface area contributed by atoms with E-state index in [1.165, 1.54) is 6.07 Å². The number of halogens is 1. The molecule has 0 fully saturated rings. The van der Waals surface area contributed by atoms with Crippen LogP contribution in [0.25, 0.3) is 0 Å². The lowest BCUT2D eigenvalue weighted by Gasteiger charge is -1.93. The Hall–Kier alpha value is -2.20. The molecule has 0 unspecified atom stereocenters. The molecule has 5 heteroatoms. The molecule has 1 N–H and O–H groups in total. The van der Waals surface area contributed by atoms with Crippen LogP contribution < -0.4 is 17.4 Å². The molecular weight excluding hydrogens is 252 g/mol. The van der Waals surface area contributed by atoms with E-state index in [-0.39, 0.29) is 18.1 Å². The number of nitro benzene ring substituents is 1. The quantitative estimate of drug-likeness (QED) is 0.413. The van der Waals surface area contributed by atoms with E-state index >= 15 is 0 Å². The van der Waals surface area contributed by atoms with Crippen LogP contribution in [-0.4, -0.2) is 11.1 Å². The summed E-state index contributed by atoms with van der Waals surface area (Å²) < 4.78 is 0. The second-order valence-corrected chi connectivity index (χ2v) is 3.47. The van der Waals surface area contributed by atoms with Crippen molar-refractivity contribution in [1.82, 2.24) is 0 Å². The maximum atomic E-state index is 10.8. The van der Waals surface area contributed by atoms with Crippen LogP contribution in [0.1, 0.15) is 5.56 Å². The van der Waals surface area contributed by atoms with Crippen LogP contribution in [0, 0.1) is 10.1 Å². The Morgan fingerprint density at radius 3 is 2.28 bits per heavy atom. The van der Waals surface area contributed by atoms with Crippen LogP contribution in [0.2, 0.25) is 0 Å². The maximum absolute atomic E-state index is 10.8. The van der Waals surface area contributed by atoms with E-state index in [1.54, 1.807) is 24.4 Å². The predicted molar refractivity (Wildman–Crippen MR) is 65.3 cm³/mol. The minimum Gasteiger partial charge on any atom is -1.00 e. The highest BCUT2D eigenvalue weighted by Gasteiger charge is 2.12. The van der Waals surface area contributed by atoms with Gasteiger partial charge in [0.05, 0.1) is 4.92 Å². The van der Waals surface area contributed by atoms with Crippen LogP contribution in [0.3, 0.4) is 0 Å². The van der Waals surface area contributed by atoms with Gasteiger partial charge in [0.1, 0.15) is 5.56 Å². The fourth-order valence-electron chi connectivity index (χ4n) is 1.47. The Morgan fingerprint density at radius 2 is 1.61 bits per heavy atom. The summed E-state index contributed by atoms with van der Waals surface area (Å²) in [5.74, 6) is 0. The summed E-state index contributed by atoms with van der Waals surface area (Å²) in [6, 6.07) is 16.1. The molecule has 0 aliphatic rings. The number of hydrogen-bond acceptors (Lipinski definition) is 2. The van der Waals surface area contributed by atoms with E-state index in [2.05, 4.69) is 4.99 Å². The first kappa shape index (κ1) is 13.9. The summed E-state index contributed by atoms with van der Waals surface area (Å²) in [4.78, 5) is 13.4. The lowest BCUT2D eigenvalue weighted by atomic mass is 10.2. The second kappa shape index (κ2) is 6.51. The molecule has 2 rings (SSSR count). The van der Waals surface area contributed by atoms with Crippen molar-refractivity contribution in [3.63, 3.8) is 0 Å². The third kappa shape index (κ3) is 3.40. The molecule has 2 aromatic carbocycles. The number of benzene rings is 2. The SMILES string of the molecule is O=[N+]([O-])c1ccccc1C=[NH+]c1ccccc1.[Cl-]. The molecule has 0 heterocycles. The van der Waals surface area contributed by atoms with Crippen molar-refractivity contribution in [2.24, 2.45) is 0 Å². The Labute approximate surface area is 111 Å². The van der Waals surface area contributed by atoms with E-state index in [0.717, 1.165) is 5.69 Å². The van der Waals surface area contributed by atoms with Gasteiger partial charge in [-0.05, 0) is 6.07 Å². The van der Waals surface area contributed by atoms with Crippen molar-refractivity contribution < 1.29 is 22.3 Å². The van der Waals surface area contributed by atoms with Crippen LogP contribution >= 0.6 is 0 Å². The Morgan fingerprint density at radius 1 is 1.00 bits per heavy atom. The number of rotatable bonds is 3. The summed E-state index contributed by atoms with van der Waals surface area (Å²) in [5, 5.41) is 10.8. The van der Waals surface area contributed by atoms with E-state index in [0.29, 0.717) is 5.56 Å². The Bertz CT molecular complexity index is 556. The first-order valence-corrected chi connectivity index (χ1v) is 5.15. The lowest BCUT2D eigenvalue weighted by Crippen LogP contribution is -3.00. The molecular formula is C13H11ClN2O2. The molecule has 0 aliphatic heterocycles. The van der Waals surface area contributed by atoms with Gasteiger partial charge in [0.2, 0.25) is 5.69 Å². The highest BCUT2D eigenvalue weighted by Crippen LogP contribution is 2.14. The Kier molecular flexibility index (Phi) is 5.02. The van der Waals surface area contributed by atoms with Gasteiger partial charge in [0, 0.05) is 18.2 Å². The summed E-state index contributed by atoms with van der Waals surface area (Å²) >= 11 is 0. The summed E-state index contributed by atoms with van der Waals surface area (Å²) in [7, 11) is 0. The third-order valence-electron chi connectivity index (χ3n) is 2.30. The van der Waals surface area contributed by atoms with E-state index in [9.17, 15) is 10.1 Å². The molecule has 0 amide bonds. The first-order chi connectivity index (χ1) is 8.27. The maximum Gasteiger partial charge on any atom is 0.282 e. The zero-order chi connectivity index (χ0) is 12.1. The van der Waals surface area contributed by atoms with Gasteiger partial charge in [-0.1, -0.05) is 30.3 Å². The van der Waals surface area contributed by atoms with Crippen molar-refractivity contribution >= 4 is 17.6 Å². The minimum absolute atomic E-state index is 0. The fourth-order valence-corrected chi connectivity index (χ4v) is 1.47. The summed E-state index contributed by atoms with van der Waals surface area (Å²) in [6.45, 7) is 0. The molecule has 0 radical (unpaired) electrons. The van der Waals surface area contributed by atoms with Crippen LogP contribution in [0.5, 0.6) is 0 Å². The lowest BCUT2D eigenvalue weighted by molar-refractivity contribution is -0.386. The van der Waals surface area contributed by atoms with Gasteiger partial charge >= 0.3 is 0 Å². The standard InChI is InChI=1S/C13H10N2O2.ClH/c16-15(17)13-9-5-4-6-11(13)10-14-12-7-2-1-3-8-12;/h1-10H;1H. The van der Waals surface area contributed by atoms with Gasteiger partial charge in [0.15, 0.2) is 6.21 Å². The number of nitrogens with zero attached hydrogens (tertiary/aromatic N) is 1. The number of nitro groups is 1. The monoisotopic (exact) mass is 262 g/mol. The molecule has 92 valence electrons. The summed E-state index contributed by atoms with van der Waals surface area (Å²) in [6.07, 6.45) is 1.63. The normalized spacial score (nSPS) is 10.0. The molecule has 0 atom stereocenters. The molecule has 18 heavy (non-hydrogen) atoms. The number of nitrogens with one attached hydrogen (secondary N) is 1. The molecule has 0 saturated carbocycles. The van der Waals surface area contributed by atoms with Gasteiger partial charge < -0.3 is 12.4 Å². The van der Waals surface area contributed by atoms with Crippen molar-refractivity contribution in [1.29, 1.82) is 0 Å². The van der Waals surface area contributed by atoms with Crippen LogP contribution in [0.15, 0.2) is 54.6 Å². The van der Waals surface area contributed by atoms with Gasteiger partial charge in [0.25, 0.3) is 5.69 Å². The summed E-state index contributed by atoms with van der Waals surface area (Å²) in [5.41, 5.74) is 1.54.